The van der Waals surface area contributed by atoms with E-state index in [2.05, 4.69) is 14.5 Å². The predicted molar refractivity (Wildman–Crippen MR) is 163 cm³/mol. The highest BCUT2D eigenvalue weighted by atomic mass is 31.2. The van der Waals surface area contributed by atoms with E-state index in [1.54, 1.807) is 0 Å². The molecule has 3 aliphatic rings. The molecule has 11 atom stereocenters. The summed E-state index contributed by atoms with van der Waals surface area (Å²) in [6.07, 6.45) is -7.33. The molecule has 5 rings (SSSR count). The number of nitrogens with zero attached hydrogens (tertiary/aromatic N) is 3. The minimum absolute atomic E-state index is 0.0266. The zero-order valence-corrected chi connectivity index (χ0v) is 28.7. The molecule has 0 spiro atoms. The number of aliphatic hydroxyl groups is 1. The van der Waals surface area contributed by atoms with Crippen molar-refractivity contribution in [1.82, 2.24) is 19.1 Å². The molecule has 0 saturated carbocycles. The molecule has 3 unspecified atom stereocenters. The number of nitrogens with one attached hydrogen (secondary N) is 1. The summed E-state index contributed by atoms with van der Waals surface area (Å²) in [6.45, 7) is -0.386. The van der Waals surface area contributed by atoms with Crippen molar-refractivity contribution in [2.24, 2.45) is 0 Å². The van der Waals surface area contributed by atoms with Crippen LogP contribution in [0.3, 0.4) is 0 Å². The SMILES string of the molecule is Cc1cn([C@H]2C[C@H](OP(=O)(O)OC[C@H]3O[C@@H](n4ccc(N)nc4=O)C[C@@H]3O)[C@@H](COP(=O)(O)O[C@H]3CCO[C@@H]3CO[P+](=O)O)O2)c(=O)[nH]c1=O. The lowest BCUT2D eigenvalue weighted by atomic mass is 10.2. The smallest absolute Gasteiger partial charge is 0.390 e. The molecule has 7 N–H and O–H groups in total. The molecule has 50 heavy (non-hydrogen) atoms. The number of nitrogen functional groups attached to an aromatic ring is 1. The van der Waals surface area contributed by atoms with Gasteiger partial charge in [0.2, 0.25) is 0 Å². The van der Waals surface area contributed by atoms with Gasteiger partial charge in [-0.3, -0.25) is 37.0 Å². The molecule has 278 valence electrons. The van der Waals surface area contributed by atoms with Crippen molar-refractivity contribution in [3.8, 4) is 0 Å². The second-order valence-electron chi connectivity index (χ2n) is 11.4. The molecule has 2 aromatic heterocycles. The molecular formula is C24H35N5O18P3+. The lowest BCUT2D eigenvalue weighted by Crippen LogP contribution is -2.33. The van der Waals surface area contributed by atoms with Gasteiger partial charge < -0.3 is 34.8 Å². The van der Waals surface area contributed by atoms with E-state index in [9.17, 15) is 43.0 Å². The van der Waals surface area contributed by atoms with Crippen LogP contribution in [0.1, 0.15) is 37.3 Å². The largest absolute Gasteiger partial charge is 0.694 e. The van der Waals surface area contributed by atoms with Gasteiger partial charge in [-0.15, -0.1) is 9.42 Å². The molecule has 0 aromatic carbocycles. The fourth-order valence-corrected chi connectivity index (χ4v) is 7.61. The topological polar surface area (TPSA) is 322 Å². The highest BCUT2D eigenvalue weighted by molar-refractivity contribution is 7.47. The van der Waals surface area contributed by atoms with E-state index in [0.717, 1.165) is 9.13 Å². The van der Waals surface area contributed by atoms with Gasteiger partial charge in [0.15, 0.2) is 0 Å². The molecule has 0 aliphatic carbocycles. The van der Waals surface area contributed by atoms with Crippen molar-refractivity contribution in [1.29, 1.82) is 0 Å². The fourth-order valence-electron chi connectivity index (χ4n) is 5.39. The van der Waals surface area contributed by atoms with Crippen LogP contribution in [0, 0.1) is 6.92 Å². The third-order valence-corrected chi connectivity index (χ3v) is 10.2. The average Bonchev–Trinajstić information content (AvgIpc) is 3.73. The standard InChI is InChI=1S/C24H34N5O18P3/c1-12-8-29(24(33)27-22(12)31)21-7-15(18(45-21)11-43-49(36,37)46-14-3-5-40-17(14)9-41-48(34)35)47-50(38,39)42-10-16-13(30)6-20(44-16)28-4-2-19(25)26-23(28)32/h2,4,8,13-18,20-21,30H,3,5-7,9-11H2,1H3,(H5-,25,26,27,31,32,33,34,35,36,37,38,39)/p+1/t13-,14-,15-,16+,17+,18+,20+,21+/m0/s1. The Morgan fingerprint density at radius 3 is 2.32 bits per heavy atom. The summed E-state index contributed by atoms with van der Waals surface area (Å²) in [4.78, 5) is 72.2. The molecule has 5 heterocycles. The first kappa shape index (κ1) is 38.7. The lowest BCUT2D eigenvalue weighted by molar-refractivity contribution is -0.0593. The molecular weight excluding hydrogens is 739 g/mol. The third kappa shape index (κ3) is 9.85. The van der Waals surface area contributed by atoms with Gasteiger partial charge in [0.25, 0.3) is 5.56 Å². The summed E-state index contributed by atoms with van der Waals surface area (Å²) in [7, 11) is -12.9. The number of rotatable bonds is 15. The number of ether oxygens (including phenoxy) is 3. The minimum Gasteiger partial charge on any atom is -0.390 e. The lowest BCUT2D eigenvalue weighted by Gasteiger charge is -2.24. The van der Waals surface area contributed by atoms with Crippen LogP contribution in [0.4, 0.5) is 5.82 Å². The van der Waals surface area contributed by atoms with Gasteiger partial charge in [-0.25, -0.2) is 18.7 Å². The van der Waals surface area contributed by atoms with Crippen LogP contribution in [-0.2, 0) is 50.5 Å². The quantitative estimate of drug-likeness (QED) is 0.119. The van der Waals surface area contributed by atoms with Crippen LogP contribution >= 0.6 is 23.9 Å². The number of H-pyrrole nitrogens is 1. The van der Waals surface area contributed by atoms with Crippen LogP contribution in [-0.4, -0.2) is 102 Å². The average molecular weight is 774 g/mol. The molecule has 3 aliphatic heterocycles. The fraction of sp³-hybridized carbons (Fsp3) is 0.667. The second kappa shape index (κ2) is 16.0. The zero-order valence-electron chi connectivity index (χ0n) is 26.1. The molecule has 0 bridgehead atoms. The van der Waals surface area contributed by atoms with E-state index >= 15 is 0 Å². The summed E-state index contributed by atoms with van der Waals surface area (Å²) in [5.74, 6) is -0.0266. The van der Waals surface area contributed by atoms with Gasteiger partial charge in [0.1, 0.15) is 55.4 Å². The summed E-state index contributed by atoms with van der Waals surface area (Å²) >= 11 is 0. The van der Waals surface area contributed by atoms with Crippen molar-refractivity contribution >= 4 is 29.7 Å². The first-order valence-corrected chi connectivity index (χ1v) is 19.0. The number of hydrogen-bond acceptors (Lipinski definition) is 17. The van der Waals surface area contributed by atoms with Gasteiger partial charge >= 0.3 is 35.3 Å². The van der Waals surface area contributed by atoms with Crippen molar-refractivity contribution in [2.45, 2.75) is 75.3 Å². The minimum atomic E-state index is -5.03. The maximum Gasteiger partial charge on any atom is 0.694 e. The highest BCUT2D eigenvalue weighted by Gasteiger charge is 2.45. The molecule has 2 aromatic rings. The molecule has 23 nitrogen and oxygen atoms in total. The number of aryl methyl sites for hydroxylation is 1. The molecule has 0 amide bonds. The highest BCUT2D eigenvalue weighted by Crippen LogP contribution is 2.51. The number of phosphoric acid groups is 2. The van der Waals surface area contributed by atoms with E-state index in [-0.39, 0.29) is 37.3 Å². The normalized spacial score (nSPS) is 31.0. The predicted octanol–water partition coefficient (Wildman–Crippen LogP) is -0.920. The Morgan fingerprint density at radius 1 is 1.00 bits per heavy atom. The van der Waals surface area contributed by atoms with E-state index in [1.165, 1.54) is 25.4 Å². The van der Waals surface area contributed by atoms with E-state index < -0.39 is 110 Å². The van der Waals surface area contributed by atoms with Crippen LogP contribution in [0.25, 0.3) is 0 Å². The Kier molecular flexibility index (Phi) is 12.4. The third-order valence-electron chi connectivity index (χ3n) is 7.84. The van der Waals surface area contributed by atoms with E-state index in [0.29, 0.717) is 0 Å². The second-order valence-corrected chi connectivity index (χ2v) is 14.9. The van der Waals surface area contributed by atoms with Crippen molar-refractivity contribution in [3.05, 3.63) is 55.3 Å². The Bertz CT molecular complexity index is 1820. The Hall–Kier alpha value is -2.56. The van der Waals surface area contributed by atoms with Gasteiger partial charge in [0, 0.05) is 48.4 Å². The number of aliphatic hydroxyl groups excluding tert-OH is 1. The van der Waals surface area contributed by atoms with Crippen LogP contribution < -0.4 is 22.7 Å². The monoisotopic (exact) mass is 774 g/mol. The maximum absolute atomic E-state index is 13.1. The van der Waals surface area contributed by atoms with Crippen LogP contribution in [0.2, 0.25) is 0 Å². The Balaban J connectivity index is 1.25. The molecule has 3 saturated heterocycles. The summed E-state index contributed by atoms with van der Waals surface area (Å²) in [6, 6.07) is 1.34. The number of anilines is 1. The van der Waals surface area contributed by atoms with Gasteiger partial charge in [-0.1, -0.05) is 0 Å². The first-order chi connectivity index (χ1) is 23.5. The first-order valence-electron chi connectivity index (χ1n) is 14.9. The van der Waals surface area contributed by atoms with Crippen molar-refractivity contribution in [3.63, 3.8) is 0 Å². The van der Waals surface area contributed by atoms with Crippen LogP contribution in [0.15, 0.2) is 32.8 Å². The summed E-state index contributed by atoms with van der Waals surface area (Å²) in [5.41, 5.74) is 3.33. The molecule has 0 radical (unpaired) electrons. The summed E-state index contributed by atoms with van der Waals surface area (Å²) in [5, 5.41) is 10.5. The molecule has 3 fully saturated rings. The summed E-state index contributed by atoms with van der Waals surface area (Å²) < 4.78 is 81.0. The Morgan fingerprint density at radius 2 is 1.64 bits per heavy atom. The van der Waals surface area contributed by atoms with E-state index in [4.69, 9.17) is 42.9 Å². The number of aromatic nitrogens is 4. The Labute approximate surface area is 281 Å². The number of phosphoric ester groups is 2. The van der Waals surface area contributed by atoms with Crippen LogP contribution in [0.5, 0.6) is 0 Å². The maximum atomic E-state index is 13.1. The van der Waals surface area contributed by atoms with Crippen molar-refractivity contribution in [2.75, 3.05) is 32.2 Å². The van der Waals surface area contributed by atoms with Gasteiger partial charge in [0.05, 0.1) is 19.3 Å². The van der Waals surface area contributed by atoms with Gasteiger partial charge in [-0.05, 0) is 13.0 Å². The zero-order chi connectivity index (χ0) is 36.4. The number of aromatic amines is 1. The molecule has 26 heteroatoms. The number of hydrogen-bond donors (Lipinski definition) is 6. The van der Waals surface area contributed by atoms with Gasteiger partial charge in [-0.2, -0.15) is 4.98 Å². The number of nitrogens with two attached hydrogens (primary N) is 1. The van der Waals surface area contributed by atoms with E-state index in [1.807, 2.05) is 0 Å². The van der Waals surface area contributed by atoms with Crippen molar-refractivity contribution < 1.29 is 70.3 Å².